The van der Waals surface area contributed by atoms with Gasteiger partial charge in [0.15, 0.2) is 0 Å². The van der Waals surface area contributed by atoms with E-state index in [0.717, 1.165) is 11.3 Å². The summed E-state index contributed by atoms with van der Waals surface area (Å²) in [6.07, 6.45) is 1.86. The van der Waals surface area contributed by atoms with E-state index in [9.17, 15) is 0 Å². The summed E-state index contributed by atoms with van der Waals surface area (Å²) < 4.78 is 6.59. The maximum atomic E-state index is 4.94. The van der Waals surface area contributed by atoms with Gasteiger partial charge in [0.25, 0.3) is 0 Å². The molecule has 0 radical (unpaired) electrons. The summed E-state index contributed by atoms with van der Waals surface area (Å²) in [6, 6.07) is 9.93. The molecule has 2 rings (SSSR count). The second-order valence-electron chi connectivity index (χ2n) is 2.93. The molecule has 1 aromatic heterocycles. The fraction of sp³-hybridized carbons (Fsp3) is 0.200. The van der Waals surface area contributed by atoms with Crippen molar-refractivity contribution in [3.8, 4) is 11.3 Å². The Labute approximate surface area is 82.1 Å². The first kappa shape index (κ1) is 8.90. The average Bonchev–Trinajstić information content (AvgIpc) is 2.68. The van der Waals surface area contributed by atoms with Crippen LogP contribution in [-0.2, 0) is 11.5 Å². The summed E-state index contributed by atoms with van der Waals surface area (Å²) in [4.78, 5) is 0. The maximum Gasteiger partial charge on any atom is 0.140 e. The van der Waals surface area contributed by atoms with Crippen LogP contribution in [0.15, 0.2) is 36.5 Å². The van der Waals surface area contributed by atoms with Gasteiger partial charge in [-0.2, -0.15) is 0 Å². The van der Waals surface area contributed by atoms with Crippen LogP contribution in [0.25, 0.3) is 11.3 Å². The first-order chi connectivity index (χ1) is 6.90. The van der Waals surface area contributed by atoms with Crippen LogP contribution in [0, 0.1) is 0 Å². The molecule has 0 fully saturated rings. The first-order valence-electron chi connectivity index (χ1n) is 4.34. The molecule has 2 aromatic rings. The normalized spacial score (nSPS) is 10.4. The van der Waals surface area contributed by atoms with Crippen LogP contribution in [0.5, 0.6) is 0 Å². The van der Waals surface area contributed by atoms with Crippen molar-refractivity contribution in [1.29, 1.82) is 0 Å². The van der Waals surface area contributed by atoms with Gasteiger partial charge >= 0.3 is 0 Å². The van der Waals surface area contributed by atoms with E-state index in [1.54, 1.807) is 11.8 Å². The highest BCUT2D eigenvalue weighted by Crippen LogP contribution is 2.14. The summed E-state index contributed by atoms with van der Waals surface area (Å²) >= 11 is 0. The Hall–Kier alpha value is -1.68. The molecule has 1 aromatic carbocycles. The first-order valence-corrected chi connectivity index (χ1v) is 4.34. The zero-order chi connectivity index (χ0) is 9.80. The number of ether oxygens (including phenoxy) is 1. The highest BCUT2D eigenvalue weighted by atomic mass is 16.5. The number of methoxy groups -OCH3 is 1. The van der Waals surface area contributed by atoms with Crippen molar-refractivity contribution in [2.24, 2.45) is 0 Å². The van der Waals surface area contributed by atoms with E-state index in [2.05, 4.69) is 10.3 Å². The third-order valence-corrected chi connectivity index (χ3v) is 1.87. The van der Waals surface area contributed by atoms with Crippen molar-refractivity contribution in [2.45, 2.75) is 6.73 Å². The predicted molar refractivity (Wildman–Crippen MR) is 52.5 cm³/mol. The third-order valence-electron chi connectivity index (χ3n) is 1.87. The lowest BCUT2D eigenvalue weighted by Gasteiger charge is -1.95. The van der Waals surface area contributed by atoms with Crippen LogP contribution in [0.1, 0.15) is 0 Å². The summed E-state index contributed by atoms with van der Waals surface area (Å²) in [5.41, 5.74) is 1.93. The molecule has 0 atom stereocenters. The largest absolute Gasteiger partial charge is 0.362 e. The Morgan fingerprint density at radius 3 is 2.79 bits per heavy atom. The molecule has 0 N–H and O–H groups in total. The smallest absolute Gasteiger partial charge is 0.140 e. The van der Waals surface area contributed by atoms with Gasteiger partial charge in [-0.05, 0) is 0 Å². The standard InChI is InChI=1S/C10H11N3O/c1-14-8-13-7-10(11-12-13)9-5-3-2-4-6-9/h2-7H,8H2,1H3. The summed E-state index contributed by atoms with van der Waals surface area (Å²) in [5, 5.41) is 7.96. The van der Waals surface area contributed by atoms with Crippen LogP contribution < -0.4 is 0 Å². The second kappa shape index (κ2) is 4.02. The number of hydrogen-bond donors (Lipinski definition) is 0. The maximum absolute atomic E-state index is 4.94. The minimum atomic E-state index is 0.430. The van der Waals surface area contributed by atoms with Gasteiger partial charge in [0.2, 0.25) is 0 Å². The van der Waals surface area contributed by atoms with Gasteiger partial charge in [-0.1, -0.05) is 35.5 Å². The summed E-state index contributed by atoms with van der Waals surface area (Å²) in [6.45, 7) is 0.430. The van der Waals surface area contributed by atoms with Crippen LogP contribution in [0.3, 0.4) is 0 Å². The van der Waals surface area contributed by atoms with Gasteiger partial charge in [0.05, 0.1) is 6.20 Å². The molecule has 4 heteroatoms. The zero-order valence-electron chi connectivity index (χ0n) is 7.92. The van der Waals surface area contributed by atoms with E-state index >= 15 is 0 Å². The van der Waals surface area contributed by atoms with Crippen LogP contribution in [-0.4, -0.2) is 22.1 Å². The molecule has 1 heterocycles. The predicted octanol–water partition coefficient (Wildman–Crippen LogP) is 1.55. The highest BCUT2D eigenvalue weighted by molar-refractivity contribution is 5.56. The third kappa shape index (κ3) is 1.80. The number of aromatic nitrogens is 3. The minimum absolute atomic E-state index is 0.430. The molecule has 0 spiro atoms. The quantitative estimate of drug-likeness (QED) is 0.735. The molecule has 0 unspecified atom stereocenters. The van der Waals surface area contributed by atoms with E-state index in [1.807, 2.05) is 36.5 Å². The fourth-order valence-electron chi connectivity index (χ4n) is 1.23. The molecule has 0 amide bonds. The number of rotatable bonds is 3. The van der Waals surface area contributed by atoms with Gasteiger partial charge in [0.1, 0.15) is 12.4 Å². The lowest BCUT2D eigenvalue weighted by atomic mass is 10.2. The van der Waals surface area contributed by atoms with E-state index in [1.165, 1.54) is 0 Å². The Morgan fingerprint density at radius 1 is 1.29 bits per heavy atom. The molecule has 14 heavy (non-hydrogen) atoms. The van der Waals surface area contributed by atoms with E-state index in [-0.39, 0.29) is 0 Å². The van der Waals surface area contributed by atoms with Crippen molar-refractivity contribution in [1.82, 2.24) is 15.0 Å². The zero-order valence-corrected chi connectivity index (χ0v) is 7.92. The summed E-state index contributed by atoms with van der Waals surface area (Å²) in [5.74, 6) is 0. The van der Waals surface area contributed by atoms with Crippen LogP contribution in [0.4, 0.5) is 0 Å². The fourth-order valence-corrected chi connectivity index (χ4v) is 1.23. The van der Waals surface area contributed by atoms with Crippen molar-refractivity contribution >= 4 is 0 Å². The Balaban J connectivity index is 2.25. The minimum Gasteiger partial charge on any atom is -0.362 e. The van der Waals surface area contributed by atoms with Crippen molar-refractivity contribution in [3.05, 3.63) is 36.5 Å². The SMILES string of the molecule is COCn1cc(-c2ccccc2)nn1. The Bertz CT molecular complexity index is 397. The molecular formula is C10H11N3O. The molecule has 4 nitrogen and oxygen atoms in total. The van der Waals surface area contributed by atoms with E-state index < -0.39 is 0 Å². The Kier molecular flexibility index (Phi) is 2.55. The van der Waals surface area contributed by atoms with Crippen molar-refractivity contribution in [2.75, 3.05) is 7.11 Å². The molecule has 0 saturated carbocycles. The van der Waals surface area contributed by atoms with Gasteiger partial charge in [-0.3, -0.25) is 0 Å². The van der Waals surface area contributed by atoms with E-state index in [0.29, 0.717) is 6.73 Å². The lowest BCUT2D eigenvalue weighted by molar-refractivity contribution is 0.119. The number of benzene rings is 1. The molecular weight excluding hydrogens is 178 g/mol. The van der Waals surface area contributed by atoms with Crippen molar-refractivity contribution in [3.63, 3.8) is 0 Å². The van der Waals surface area contributed by atoms with Gasteiger partial charge < -0.3 is 4.74 Å². The summed E-state index contributed by atoms with van der Waals surface area (Å²) in [7, 11) is 1.63. The van der Waals surface area contributed by atoms with Gasteiger partial charge in [-0.15, -0.1) is 5.10 Å². The number of hydrogen-bond acceptors (Lipinski definition) is 3. The molecule has 0 aliphatic heterocycles. The van der Waals surface area contributed by atoms with E-state index in [4.69, 9.17) is 4.74 Å². The molecule has 72 valence electrons. The van der Waals surface area contributed by atoms with Gasteiger partial charge in [0, 0.05) is 12.7 Å². The lowest BCUT2D eigenvalue weighted by Crippen LogP contribution is -1.99. The van der Waals surface area contributed by atoms with Gasteiger partial charge in [-0.25, -0.2) is 4.68 Å². The Morgan fingerprint density at radius 2 is 2.07 bits per heavy atom. The monoisotopic (exact) mass is 189 g/mol. The van der Waals surface area contributed by atoms with Crippen molar-refractivity contribution < 1.29 is 4.74 Å². The molecule has 0 saturated heterocycles. The topological polar surface area (TPSA) is 39.9 Å². The molecule has 0 aliphatic carbocycles. The molecule has 0 bridgehead atoms. The number of nitrogens with zero attached hydrogens (tertiary/aromatic N) is 3. The average molecular weight is 189 g/mol. The highest BCUT2D eigenvalue weighted by Gasteiger charge is 2.01. The van der Waals surface area contributed by atoms with Crippen LogP contribution in [0.2, 0.25) is 0 Å². The molecule has 0 aliphatic rings. The van der Waals surface area contributed by atoms with Crippen LogP contribution >= 0.6 is 0 Å². The second-order valence-corrected chi connectivity index (χ2v) is 2.93.